The Morgan fingerprint density at radius 2 is 1.36 bits per heavy atom. The fraction of sp³-hybridized carbons (Fsp3) is 0.636. The van der Waals surface area contributed by atoms with E-state index in [1.54, 1.807) is 14.2 Å². The number of benzene rings is 1. The van der Waals surface area contributed by atoms with Crippen molar-refractivity contribution in [1.29, 1.82) is 0 Å². The smallest absolute Gasteiger partial charge is 0.309 e. The Balaban J connectivity index is 2.14. The molecule has 158 valence electrons. The molecule has 28 heavy (non-hydrogen) atoms. The van der Waals surface area contributed by atoms with Crippen LogP contribution in [0.25, 0.3) is 0 Å². The molecule has 2 amide bonds. The van der Waals surface area contributed by atoms with E-state index in [0.717, 1.165) is 18.4 Å². The lowest BCUT2D eigenvalue weighted by Gasteiger charge is -2.10. The van der Waals surface area contributed by atoms with E-state index in [0.29, 0.717) is 31.0 Å². The predicted octanol–water partition coefficient (Wildman–Crippen LogP) is 3.62. The molecule has 0 fully saturated rings. The average Bonchev–Trinajstić information content (AvgIpc) is 2.72. The van der Waals surface area contributed by atoms with Gasteiger partial charge in [0.15, 0.2) is 11.5 Å². The Morgan fingerprint density at radius 3 is 1.96 bits per heavy atom. The van der Waals surface area contributed by atoms with Gasteiger partial charge in [0.25, 0.3) is 0 Å². The monoisotopic (exact) mass is 392 g/mol. The van der Waals surface area contributed by atoms with Crippen molar-refractivity contribution in [2.24, 2.45) is 0 Å². The van der Waals surface area contributed by atoms with Gasteiger partial charge < -0.3 is 20.1 Å². The number of rotatable bonds is 14. The summed E-state index contributed by atoms with van der Waals surface area (Å²) in [5.74, 6) is 0.167. The lowest BCUT2D eigenvalue weighted by atomic mass is 10.1. The Hall–Kier alpha value is -2.24. The highest BCUT2D eigenvalue weighted by Crippen LogP contribution is 2.27. The summed E-state index contributed by atoms with van der Waals surface area (Å²) in [6.45, 7) is 3.16. The lowest BCUT2D eigenvalue weighted by molar-refractivity contribution is -0.139. The minimum Gasteiger partial charge on any atom is -0.493 e. The van der Waals surface area contributed by atoms with Crippen molar-refractivity contribution in [3.05, 3.63) is 23.8 Å². The van der Waals surface area contributed by atoms with E-state index >= 15 is 0 Å². The Kier molecular flexibility index (Phi) is 12.6. The number of methoxy groups -OCH3 is 2. The minimum absolute atomic E-state index is 0.388. The van der Waals surface area contributed by atoms with Gasteiger partial charge in [-0.15, -0.1) is 0 Å². The van der Waals surface area contributed by atoms with Crippen molar-refractivity contribution in [3.8, 4) is 11.5 Å². The summed E-state index contributed by atoms with van der Waals surface area (Å²) >= 11 is 0. The second-order valence-corrected chi connectivity index (χ2v) is 6.93. The third-order valence-corrected chi connectivity index (χ3v) is 4.67. The first-order chi connectivity index (χ1) is 13.6. The second-order valence-electron chi connectivity index (χ2n) is 6.93. The number of ether oxygens (including phenoxy) is 2. The summed E-state index contributed by atoms with van der Waals surface area (Å²) in [5.41, 5.74) is 0.997. The van der Waals surface area contributed by atoms with Crippen molar-refractivity contribution >= 4 is 11.8 Å². The lowest BCUT2D eigenvalue weighted by Crippen LogP contribution is -2.40. The SMILES string of the molecule is CCCCCCCCCCNC(=O)C(=O)NCCc1ccc(OC)c(OC)c1. The molecule has 0 radical (unpaired) electrons. The topological polar surface area (TPSA) is 76.7 Å². The summed E-state index contributed by atoms with van der Waals surface area (Å²) in [6.07, 6.45) is 10.3. The van der Waals surface area contributed by atoms with Crippen LogP contribution in [0.1, 0.15) is 63.9 Å². The van der Waals surface area contributed by atoms with E-state index in [2.05, 4.69) is 17.6 Å². The van der Waals surface area contributed by atoms with Crippen molar-refractivity contribution in [2.75, 3.05) is 27.3 Å². The molecule has 0 saturated carbocycles. The van der Waals surface area contributed by atoms with Gasteiger partial charge in [-0.25, -0.2) is 0 Å². The second kappa shape index (κ2) is 14.8. The van der Waals surface area contributed by atoms with Crippen LogP contribution in [0.15, 0.2) is 18.2 Å². The highest BCUT2D eigenvalue weighted by atomic mass is 16.5. The summed E-state index contributed by atoms with van der Waals surface area (Å²) in [4.78, 5) is 23.7. The molecule has 6 heteroatoms. The van der Waals surface area contributed by atoms with Gasteiger partial charge in [0.1, 0.15) is 0 Å². The van der Waals surface area contributed by atoms with Crippen molar-refractivity contribution < 1.29 is 19.1 Å². The molecular formula is C22H36N2O4. The van der Waals surface area contributed by atoms with Gasteiger partial charge in [0, 0.05) is 13.1 Å². The molecule has 0 heterocycles. The maximum atomic E-state index is 11.9. The number of amides is 2. The third kappa shape index (κ3) is 9.62. The minimum atomic E-state index is -0.583. The number of carbonyl (C=O) groups excluding carboxylic acids is 2. The molecule has 2 N–H and O–H groups in total. The largest absolute Gasteiger partial charge is 0.493 e. The van der Waals surface area contributed by atoms with E-state index in [1.807, 2.05) is 18.2 Å². The Labute approximate surface area is 169 Å². The maximum absolute atomic E-state index is 11.9. The van der Waals surface area contributed by atoms with Gasteiger partial charge in [-0.2, -0.15) is 0 Å². The molecule has 0 bridgehead atoms. The van der Waals surface area contributed by atoms with E-state index in [1.165, 1.54) is 38.5 Å². The van der Waals surface area contributed by atoms with Crippen molar-refractivity contribution in [3.63, 3.8) is 0 Å². The first-order valence-corrected chi connectivity index (χ1v) is 10.4. The average molecular weight is 393 g/mol. The molecular weight excluding hydrogens is 356 g/mol. The molecule has 0 unspecified atom stereocenters. The van der Waals surface area contributed by atoms with Crippen LogP contribution in [0.5, 0.6) is 11.5 Å². The molecule has 6 nitrogen and oxygen atoms in total. The van der Waals surface area contributed by atoms with Crippen LogP contribution in [0.3, 0.4) is 0 Å². The Bertz CT molecular complexity index is 590. The summed E-state index contributed by atoms with van der Waals surface area (Å²) < 4.78 is 10.5. The molecule has 1 rings (SSSR count). The quantitative estimate of drug-likeness (QED) is 0.374. The van der Waals surface area contributed by atoms with Crippen LogP contribution in [0, 0.1) is 0 Å². The van der Waals surface area contributed by atoms with Gasteiger partial charge >= 0.3 is 11.8 Å². The molecule has 0 aliphatic carbocycles. The first kappa shape index (κ1) is 23.8. The molecule has 0 atom stereocenters. The fourth-order valence-electron chi connectivity index (χ4n) is 2.98. The van der Waals surface area contributed by atoms with Crippen LogP contribution >= 0.6 is 0 Å². The molecule has 1 aromatic carbocycles. The van der Waals surface area contributed by atoms with Crippen LogP contribution < -0.4 is 20.1 Å². The number of hydrogen-bond acceptors (Lipinski definition) is 4. The zero-order chi connectivity index (χ0) is 20.6. The van der Waals surface area contributed by atoms with E-state index in [9.17, 15) is 9.59 Å². The van der Waals surface area contributed by atoms with E-state index < -0.39 is 11.8 Å². The number of hydrogen-bond donors (Lipinski definition) is 2. The van der Waals surface area contributed by atoms with Crippen molar-refractivity contribution in [1.82, 2.24) is 10.6 Å². The van der Waals surface area contributed by atoms with Gasteiger partial charge in [0.2, 0.25) is 0 Å². The van der Waals surface area contributed by atoms with Gasteiger partial charge in [-0.05, 0) is 30.5 Å². The normalized spacial score (nSPS) is 10.4. The van der Waals surface area contributed by atoms with Crippen LogP contribution in [0.4, 0.5) is 0 Å². The molecule has 0 aliphatic heterocycles. The summed E-state index contributed by atoms with van der Waals surface area (Å²) in [5, 5.41) is 5.34. The third-order valence-electron chi connectivity index (χ3n) is 4.67. The Morgan fingerprint density at radius 1 is 0.786 bits per heavy atom. The molecule has 0 spiro atoms. The standard InChI is InChI=1S/C22H36N2O4/c1-4-5-6-7-8-9-10-11-15-23-21(25)22(26)24-16-14-18-12-13-19(27-2)20(17-18)28-3/h12-13,17H,4-11,14-16H2,1-3H3,(H,23,25)(H,24,26). The maximum Gasteiger partial charge on any atom is 0.309 e. The van der Waals surface area contributed by atoms with Crippen LogP contribution in [0.2, 0.25) is 0 Å². The molecule has 1 aromatic rings. The summed E-state index contributed by atoms with van der Waals surface area (Å²) in [7, 11) is 3.17. The molecule has 0 saturated heterocycles. The van der Waals surface area contributed by atoms with Crippen LogP contribution in [-0.2, 0) is 16.0 Å². The van der Waals surface area contributed by atoms with E-state index in [4.69, 9.17) is 9.47 Å². The first-order valence-electron chi connectivity index (χ1n) is 10.4. The number of nitrogens with one attached hydrogen (secondary N) is 2. The zero-order valence-electron chi connectivity index (χ0n) is 17.6. The predicted molar refractivity (Wildman–Crippen MR) is 112 cm³/mol. The zero-order valence-corrected chi connectivity index (χ0v) is 17.6. The van der Waals surface area contributed by atoms with Gasteiger partial charge in [0.05, 0.1) is 14.2 Å². The highest BCUT2D eigenvalue weighted by molar-refractivity contribution is 6.35. The van der Waals surface area contributed by atoms with Crippen LogP contribution in [-0.4, -0.2) is 39.1 Å². The number of unbranched alkanes of at least 4 members (excludes halogenated alkanes) is 7. The van der Waals surface area contributed by atoms with E-state index in [-0.39, 0.29) is 0 Å². The van der Waals surface area contributed by atoms with Gasteiger partial charge in [-0.1, -0.05) is 57.9 Å². The van der Waals surface area contributed by atoms with Crippen molar-refractivity contribution in [2.45, 2.75) is 64.7 Å². The highest BCUT2D eigenvalue weighted by Gasteiger charge is 2.12. The summed E-state index contributed by atoms with van der Waals surface area (Å²) in [6, 6.07) is 5.61. The number of carbonyl (C=O) groups is 2. The molecule has 0 aliphatic rings. The molecule has 0 aromatic heterocycles. The fourth-order valence-corrected chi connectivity index (χ4v) is 2.98. The van der Waals surface area contributed by atoms with Gasteiger partial charge in [-0.3, -0.25) is 9.59 Å².